The third kappa shape index (κ3) is 5.08. The molecule has 3 aromatic rings. The highest BCUT2D eigenvalue weighted by atomic mass is 19.4. The molecule has 162 valence electrons. The van der Waals surface area contributed by atoms with Crippen molar-refractivity contribution in [1.29, 1.82) is 0 Å². The van der Waals surface area contributed by atoms with Gasteiger partial charge in [0.1, 0.15) is 11.4 Å². The second-order valence-electron chi connectivity index (χ2n) is 7.16. The van der Waals surface area contributed by atoms with Crippen LogP contribution in [0.15, 0.2) is 54.7 Å². The summed E-state index contributed by atoms with van der Waals surface area (Å²) in [6.45, 7) is 4.05. The molecule has 2 aromatic carbocycles. The number of halogens is 3. The van der Waals surface area contributed by atoms with Crippen molar-refractivity contribution in [3.8, 4) is 0 Å². The summed E-state index contributed by atoms with van der Waals surface area (Å²) in [6.07, 6.45) is -3.93. The van der Waals surface area contributed by atoms with Gasteiger partial charge in [-0.05, 0) is 35.7 Å². The fourth-order valence-electron chi connectivity index (χ4n) is 2.84. The number of nitro groups is 1. The summed E-state index contributed by atoms with van der Waals surface area (Å²) in [7, 11) is 1.56. The zero-order chi connectivity index (χ0) is 22.8. The normalized spacial score (nSPS) is 11.5. The van der Waals surface area contributed by atoms with Crippen molar-refractivity contribution in [2.75, 3.05) is 17.3 Å². The summed E-state index contributed by atoms with van der Waals surface area (Å²) in [5.74, 6) is -0.0903. The molecule has 31 heavy (non-hydrogen) atoms. The highest BCUT2D eigenvalue weighted by Crippen LogP contribution is 2.36. The highest BCUT2D eigenvalue weighted by molar-refractivity contribution is 5.64. The molecule has 0 saturated heterocycles. The van der Waals surface area contributed by atoms with Crippen molar-refractivity contribution >= 4 is 28.8 Å². The second-order valence-corrected chi connectivity index (χ2v) is 7.16. The smallest absolute Gasteiger partial charge is 0.340 e. The van der Waals surface area contributed by atoms with Gasteiger partial charge >= 0.3 is 6.18 Å². The Morgan fingerprint density at radius 3 is 2.19 bits per heavy atom. The molecule has 1 N–H and O–H groups in total. The Hall–Kier alpha value is -3.69. The molecule has 0 spiro atoms. The molecule has 7 nitrogen and oxygen atoms in total. The minimum absolute atomic E-state index is 0.00292. The maximum Gasteiger partial charge on any atom is 0.421 e. The van der Waals surface area contributed by atoms with Crippen LogP contribution in [0.1, 0.15) is 30.9 Å². The van der Waals surface area contributed by atoms with E-state index in [1.165, 1.54) is 29.2 Å². The van der Waals surface area contributed by atoms with Gasteiger partial charge in [0.15, 0.2) is 0 Å². The molecule has 3 rings (SSSR count). The number of hydrogen-bond acceptors (Lipinski definition) is 6. The Balaban J connectivity index is 1.95. The topological polar surface area (TPSA) is 84.2 Å². The van der Waals surface area contributed by atoms with Crippen LogP contribution in [0.4, 0.5) is 42.0 Å². The molecule has 1 aromatic heterocycles. The molecule has 0 aliphatic rings. The highest BCUT2D eigenvalue weighted by Gasteiger charge is 2.35. The van der Waals surface area contributed by atoms with Crippen LogP contribution in [0.3, 0.4) is 0 Å². The average molecular weight is 431 g/mol. The first kappa shape index (κ1) is 22.0. The third-order valence-electron chi connectivity index (χ3n) is 4.67. The number of hydrogen-bond donors (Lipinski definition) is 1. The SMILES string of the molecule is CC(C)c1ccc(Nc2nc(N(C)c3ccc([N+](=O)[O-])cc3)ncc2C(F)(F)F)cc1. The number of benzene rings is 2. The van der Waals surface area contributed by atoms with E-state index in [0.717, 1.165) is 11.8 Å². The van der Waals surface area contributed by atoms with E-state index in [9.17, 15) is 23.3 Å². The van der Waals surface area contributed by atoms with Crippen molar-refractivity contribution < 1.29 is 18.1 Å². The molecule has 0 aliphatic heterocycles. The van der Waals surface area contributed by atoms with Gasteiger partial charge in [0.25, 0.3) is 5.69 Å². The van der Waals surface area contributed by atoms with Gasteiger partial charge < -0.3 is 10.2 Å². The summed E-state index contributed by atoms with van der Waals surface area (Å²) in [5.41, 5.74) is 0.900. The maximum absolute atomic E-state index is 13.5. The first-order chi connectivity index (χ1) is 14.6. The van der Waals surface area contributed by atoms with Gasteiger partial charge in [0, 0.05) is 36.8 Å². The fourth-order valence-corrected chi connectivity index (χ4v) is 2.84. The van der Waals surface area contributed by atoms with Crippen molar-refractivity contribution in [2.45, 2.75) is 25.9 Å². The van der Waals surface area contributed by atoms with Crippen LogP contribution in [0.25, 0.3) is 0 Å². The summed E-state index contributed by atoms with van der Waals surface area (Å²) >= 11 is 0. The van der Waals surface area contributed by atoms with Gasteiger partial charge in [-0.3, -0.25) is 10.1 Å². The van der Waals surface area contributed by atoms with E-state index < -0.39 is 16.7 Å². The van der Waals surface area contributed by atoms with Crippen LogP contribution >= 0.6 is 0 Å². The summed E-state index contributed by atoms with van der Waals surface area (Å²) < 4.78 is 40.5. The Labute approximate surface area is 176 Å². The molecule has 0 bridgehead atoms. The molecule has 0 unspecified atom stereocenters. The van der Waals surface area contributed by atoms with E-state index in [2.05, 4.69) is 15.3 Å². The van der Waals surface area contributed by atoms with E-state index in [1.54, 1.807) is 19.2 Å². The van der Waals surface area contributed by atoms with Gasteiger partial charge in [-0.15, -0.1) is 0 Å². The van der Waals surface area contributed by atoms with E-state index in [0.29, 0.717) is 17.3 Å². The van der Waals surface area contributed by atoms with Crippen LogP contribution in [-0.4, -0.2) is 21.9 Å². The van der Waals surface area contributed by atoms with Crippen LogP contribution in [0, 0.1) is 10.1 Å². The monoisotopic (exact) mass is 431 g/mol. The summed E-state index contributed by atoms with van der Waals surface area (Å²) in [6, 6.07) is 12.6. The average Bonchev–Trinajstić information content (AvgIpc) is 2.73. The minimum Gasteiger partial charge on any atom is -0.340 e. The molecule has 0 fully saturated rings. The van der Waals surface area contributed by atoms with E-state index >= 15 is 0 Å². The van der Waals surface area contributed by atoms with Crippen molar-refractivity contribution in [1.82, 2.24) is 9.97 Å². The molecule has 1 heterocycles. The van der Waals surface area contributed by atoms with Crippen LogP contribution in [-0.2, 0) is 6.18 Å². The first-order valence-corrected chi connectivity index (χ1v) is 9.35. The van der Waals surface area contributed by atoms with Gasteiger partial charge in [0.2, 0.25) is 5.95 Å². The van der Waals surface area contributed by atoms with E-state index in [4.69, 9.17) is 0 Å². The molecule has 0 amide bonds. The van der Waals surface area contributed by atoms with Crippen molar-refractivity contribution in [3.63, 3.8) is 0 Å². The number of rotatable bonds is 6. The first-order valence-electron chi connectivity index (χ1n) is 9.35. The number of nitrogens with zero attached hydrogens (tertiary/aromatic N) is 4. The lowest BCUT2D eigenvalue weighted by Crippen LogP contribution is -2.17. The lowest BCUT2D eigenvalue weighted by Gasteiger charge is -2.20. The number of nitro benzene ring substituents is 1. The number of anilines is 4. The molecule has 0 saturated carbocycles. The standard InChI is InChI=1S/C21H20F3N5O2/c1-13(2)14-4-6-15(7-5-14)26-19-18(21(22,23)24)12-25-20(27-19)28(3)16-8-10-17(11-9-16)29(30)31/h4-13H,1-3H3,(H,25,26,27). The summed E-state index contributed by atoms with van der Waals surface area (Å²) in [5, 5.41) is 13.5. The van der Waals surface area contributed by atoms with Crippen molar-refractivity contribution in [3.05, 3.63) is 76.0 Å². The second kappa shape index (κ2) is 8.58. The molecule has 0 radical (unpaired) electrons. The quantitative estimate of drug-likeness (QED) is 0.378. The maximum atomic E-state index is 13.5. The zero-order valence-electron chi connectivity index (χ0n) is 17.0. The Bertz CT molecular complexity index is 1070. The molecular weight excluding hydrogens is 411 g/mol. The van der Waals surface area contributed by atoms with E-state index in [1.807, 2.05) is 26.0 Å². The number of nitrogens with one attached hydrogen (secondary N) is 1. The number of alkyl halides is 3. The minimum atomic E-state index is -4.65. The predicted octanol–water partition coefficient (Wildman–Crippen LogP) is 6.04. The summed E-state index contributed by atoms with van der Waals surface area (Å²) in [4.78, 5) is 19.6. The van der Waals surface area contributed by atoms with Crippen LogP contribution in [0.5, 0.6) is 0 Å². The third-order valence-corrected chi connectivity index (χ3v) is 4.67. The number of aromatic nitrogens is 2. The Morgan fingerprint density at radius 2 is 1.68 bits per heavy atom. The number of non-ortho nitro benzene ring substituents is 1. The molecule has 10 heteroatoms. The van der Waals surface area contributed by atoms with Gasteiger partial charge in [-0.2, -0.15) is 18.2 Å². The molecule has 0 atom stereocenters. The Morgan fingerprint density at radius 1 is 1.06 bits per heavy atom. The lowest BCUT2D eigenvalue weighted by atomic mass is 10.0. The zero-order valence-corrected chi connectivity index (χ0v) is 17.0. The lowest BCUT2D eigenvalue weighted by molar-refractivity contribution is -0.384. The van der Waals surface area contributed by atoms with Crippen molar-refractivity contribution in [2.24, 2.45) is 0 Å². The largest absolute Gasteiger partial charge is 0.421 e. The predicted molar refractivity (Wildman–Crippen MR) is 112 cm³/mol. The van der Waals surface area contributed by atoms with E-state index in [-0.39, 0.29) is 17.5 Å². The van der Waals surface area contributed by atoms with Gasteiger partial charge in [-0.25, -0.2) is 4.98 Å². The molecular formula is C21H20F3N5O2. The Kier molecular flexibility index (Phi) is 6.09. The van der Waals surface area contributed by atoms with Crippen LogP contribution < -0.4 is 10.2 Å². The van der Waals surface area contributed by atoms with Gasteiger partial charge in [0.05, 0.1) is 4.92 Å². The van der Waals surface area contributed by atoms with Gasteiger partial charge in [-0.1, -0.05) is 26.0 Å². The molecule has 0 aliphatic carbocycles. The fraction of sp³-hybridized carbons (Fsp3) is 0.238. The van der Waals surface area contributed by atoms with Crippen LogP contribution in [0.2, 0.25) is 0 Å².